The topological polar surface area (TPSA) is 67.8 Å². The molecule has 1 heterocycles. The second-order valence-corrected chi connectivity index (χ2v) is 6.23. The molecule has 0 saturated carbocycles. The zero-order chi connectivity index (χ0) is 21.3. The maximum Gasteiger partial charge on any atom is 0.422 e. The molecule has 1 aromatic heterocycles. The third kappa shape index (κ3) is 9.06. The first-order valence-corrected chi connectivity index (χ1v) is 9.12. The molecule has 0 aliphatic heterocycles. The first kappa shape index (κ1) is 25.8. The van der Waals surface area contributed by atoms with E-state index < -0.39 is 12.8 Å². The van der Waals surface area contributed by atoms with Crippen LogP contribution in [0, 0.1) is 6.92 Å². The standard InChI is InChI=1S/C20H25F3N4O2.HI/c1-4-28-17-9-14(2)5-6-16(17)12-27-19(24-3)26-11-15-7-8-25-18(10-15)29-13-20(21,22)23;/h5-10H,4,11-13H2,1-3H3,(H2,24,26,27);1H. The molecule has 0 fully saturated rings. The van der Waals surface area contributed by atoms with Crippen molar-refractivity contribution in [3.8, 4) is 11.6 Å². The summed E-state index contributed by atoms with van der Waals surface area (Å²) in [6.07, 6.45) is -3.00. The Morgan fingerprint density at radius 3 is 2.50 bits per heavy atom. The molecule has 0 aliphatic carbocycles. The van der Waals surface area contributed by atoms with Gasteiger partial charge >= 0.3 is 6.18 Å². The van der Waals surface area contributed by atoms with Gasteiger partial charge in [0.25, 0.3) is 0 Å². The van der Waals surface area contributed by atoms with Crippen LogP contribution in [0.5, 0.6) is 11.6 Å². The van der Waals surface area contributed by atoms with Crippen molar-refractivity contribution in [2.24, 2.45) is 4.99 Å². The number of guanidine groups is 1. The Balaban J connectivity index is 0.00000450. The summed E-state index contributed by atoms with van der Waals surface area (Å²) in [6.45, 7) is 3.98. The molecule has 30 heavy (non-hydrogen) atoms. The maximum absolute atomic E-state index is 12.3. The molecule has 2 N–H and O–H groups in total. The first-order chi connectivity index (χ1) is 13.8. The van der Waals surface area contributed by atoms with Gasteiger partial charge in [-0.05, 0) is 37.1 Å². The lowest BCUT2D eigenvalue weighted by molar-refractivity contribution is -0.154. The van der Waals surface area contributed by atoms with Gasteiger partial charge in [-0.3, -0.25) is 4.99 Å². The molecule has 0 unspecified atom stereocenters. The molecule has 0 atom stereocenters. The molecule has 1 aromatic carbocycles. The normalized spacial score (nSPS) is 11.5. The molecular weight excluding hydrogens is 512 g/mol. The predicted octanol–water partition coefficient (Wildman–Crippen LogP) is 4.21. The van der Waals surface area contributed by atoms with Gasteiger partial charge in [-0.1, -0.05) is 12.1 Å². The van der Waals surface area contributed by atoms with E-state index >= 15 is 0 Å². The number of halogens is 4. The van der Waals surface area contributed by atoms with Crippen molar-refractivity contribution in [2.75, 3.05) is 20.3 Å². The van der Waals surface area contributed by atoms with Crippen molar-refractivity contribution in [3.63, 3.8) is 0 Å². The molecule has 0 radical (unpaired) electrons. The highest BCUT2D eigenvalue weighted by Crippen LogP contribution is 2.20. The van der Waals surface area contributed by atoms with Crippen LogP contribution in [0.1, 0.15) is 23.6 Å². The lowest BCUT2D eigenvalue weighted by Crippen LogP contribution is -2.36. The van der Waals surface area contributed by atoms with Gasteiger partial charge in [-0.25, -0.2) is 4.98 Å². The minimum absolute atomic E-state index is 0. The van der Waals surface area contributed by atoms with Crippen molar-refractivity contribution < 1.29 is 22.6 Å². The number of rotatable bonds is 8. The molecule has 2 aromatic rings. The van der Waals surface area contributed by atoms with Crippen LogP contribution in [-0.4, -0.2) is 37.4 Å². The molecule has 6 nitrogen and oxygen atoms in total. The third-order valence-corrected chi connectivity index (χ3v) is 3.84. The van der Waals surface area contributed by atoms with Crippen LogP contribution in [0.15, 0.2) is 41.5 Å². The Kier molecular flexibility index (Phi) is 10.7. The number of pyridine rings is 1. The van der Waals surface area contributed by atoms with Gasteiger partial charge in [-0.2, -0.15) is 13.2 Å². The minimum Gasteiger partial charge on any atom is -0.494 e. The van der Waals surface area contributed by atoms with Crippen molar-refractivity contribution in [3.05, 3.63) is 53.2 Å². The number of alkyl halides is 3. The second kappa shape index (κ2) is 12.5. The number of hydrogen-bond acceptors (Lipinski definition) is 4. The summed E-state index contributed by atoms with van der Waals surface area (Å²) in [5, 5.41) is 6.31. The van der Waals surface area contributed by atoms with Crippen LogP contribution in [0.25, 0.3) is 0 Å². The number of benzene rings is 1. The van der Waals surface area contributed by atoms with E-state index in [4.69, 9.17) is 4.74 Å². The molecule has 0 amide bonds. The summed E-state index contributed by atoms with van der Waals surface area (Å²) in [4.78, 5) is 7.95. The van der Waals surface area contributed by atoms with Crippen LogP contribution in [0.3, 0.4) is 0 Å². The van der Waals surface area contributed by atoms with E-state index in [1.807, 2.05) is 32.0 Å². The van der Waals surface area contributed by atoms with Crippen LogP contribution >= 0.6 is 24.0 Å². The Hall–Kier alpha value is -2.24. The van der Waals surface area contributed by atoms with Crippen LogP contribution in [-0.2, 0) is 13.1 Å². The molecule has 166 valence electrons. The zero-order valence-corrected chi connectivity index (χ0v) is 19.4. The van der Waals surface area contributed by atoms with E-state index in [2.05, 4.69) is 25.3 Å². The number of ether oxygens (including phenoxy) is 2. The molecule has 0 bridgehead atoms. The summed E-state index contributed by atoms with van der Waals surface area (Å²) in [5.74, 6) is 1.28. The molecule has 0 aliphatic rings. The van der Waals surface area contributed by atoms with Gasteiger partial charge in [0.2, 0.25) is 5.88 Å². The van der Waals surface area contributed by atoms with Gasteiger partial charge in [0.1, 0.15) is 5.75 Å². The smallest absolute Gasteiger partial charge is 0.422 e. The fourth-order valence-electron chi connectivity index (χ4n) is 2.48. The number of hydrogen-bond donors (Lipinski definition) is 2. The largest absolute Gasteiger partial charge is 0.494 e. The Labute approximate surface area is 191 Å². The number of aromatic nitrogens is 1. The third-order valence-electron chi connectivity index (χ3n) is 3.84. The molecule has 10 heteroatoms. The minimum atomic E-state index is -4.40. The molecule has 2 rings (SSSR count). The monoisotopic (exact) mass is 538 g/mol. The Morgan fingerprint density at radius 1 is 1.10 bits per heavy atom. The summed E-state index contributed by atoms with van der Waals surface area (Å²) < 4.78 is 47.1. The second-order valence-electron chi connectivity index (χ2n) is 6.23. The summed E-state index contributed by atoms with van der Waals surface area (Å²) in [5.41, 5.74) is 2.82. The van der Waals surface area contributed by atoms with E-state index in [1.165, 1.54) is 12.3 Å². The summed E-state index contributed by atoms with van der Waals surface area (Å²) in [7, 11) is 1.64. The van der Waals surface area contributed by atoms with Crippen molar-refractivity contribution in [1.29, 1.82) is 0 Å². The Morgan fingerprint density at radius 2 is 1.83 bits per heavy atom. The highest BCUT2D eigenvalue weighted by Gasteiger charge is 2.28. The SMILES string of the molecule is CCOc1cc(C)ccc1CNC(=NC)NCc1ccnc(OCC(F)(F)F)c1.I. The Bertz CT molecular complexity index is 832. The van der Waals surface area contributed by atoms with Crippen molar-refractivity contribution >= 4 is 29.9 Å². The predicted molar refractivity (Wildman–Crippen MR) is 121 cm³/mol. The number of nitrogens with zero attached hydrogens (tertiary/aromatic N) is 2. The summed E-state index contributed by atoms with van der Waals surface area (Å²) >= 11 is 0. The first-order valence-electron chi connectivity index (χ1n) is 9.12. The van der Waals surface area contributed by atoms with Crippen LogP contribution in [0.4, 0.5) is 13.2 Å². The molecule has 0 spiro atoms. The van der Waals surface area contributed by atoms with E-state index in [0.717, 1.165) is 16.9 Å². The van der Waals surface area contributed by atoms with E-state index in [1.54, 1.807) is 13.1 Å². The van der Waals surface area contributed by atoms with Gasteiger partial charge in [0, 0.05) is 38.0 Å². The average Bonchev–Trinajstić information content (AvgIpc) is 2.68. The number of aliphatic imine (C=N–C) groups is 1. The highest BCUT2D eigenvalue weighted by molar-refractivity contribution is 14.0. The fourth-order valence-corrected chi connectivity index (χ4v) is 2.48. The fraction of sp³-hybridized carbons (Fsp3) is 0.400. The van der Waals surface area contributed by atoms with E-state index in [0.29, 0.717) is 31.2 Å². The lowest BCUT2D eigenvalue weighted by atomic mass is 10.1. The van der Waals surface area contributed by atoms with Crippen molar-refractivity contribution in [1.82, 2.24) is 15.6 Å². The quantitative estimate of drug-likeness (QED) is 0.300. The van der Waals surface area contributed by atoms with Crippen LogP contribution < -0.4 is 20.1 Å². The average molecular weight is 538 g/mol. The number of aryl methyl sites for hydroxylation is 1. The molecular formula is C20H26F3IN4O2. The molecule has 0 saturated heterocycles. The van der Waals surface area contributed by atoms with Crippen LogP contribution in [0.2, 0.25) is 0 Å². The van der Waals surface area contributed by atoms with Crippen molar-refractivity contribution in [2.45, 2.75) is 33.1 Å². The number of nitrogens with one attached hydrogen (secondary N) is 2. The lowest BCUT2D eigenvalue weighted by Gasteiger charge is -2.15. The zero-order valence-electron chi connectivity index (χ0n) is 17.0. The van der Waals surface area contributed by atoms with Gasteiger partial charge < -0.3 is 20.1 Å². The van der Waals surface area contributed by atoms with Gasteiger partial charge in [-0.15, -0.1) is 24.0 Å². The van der Waals surface area contributed by atoms with E-state index in [9.17, 15) is 13.2 Å². The maximum atomic E-state index is 12.3. The van der Waals surface area contributed by atoms with E-state index in [-0.39, 0.29) is 29.9 Å². The van der Waals surface area contributed by atoms with Gasteiger partial charge in [0.05, 0.1) is 6.61 Å². The summed E-state index contributed by atoms with van der Waals surface area (Å²) in [6, 6.07) is 9.13. The van der Waals surface area contributed by atoms with Gasteiger partial charge in [0.15, 0.2) is 12.6 Å². The highest BCUT2D eigenvalue weighted by atomic mass is 127.